The zero-order chi connectivity index (χ0) is 16.3. The Labute approximate surface area is 137 Å². The summed E-state index contributed by atoms with van der Waals surface area (Å²) in [6.07, 6.45) is 0.391. The van der Waals surface area contributed by atoms with Crippen LogP contribution < -0.4 is 0 Å². The van der Waals surface area contributed by atoms with E-state index in [0.717, 1.165) is 0 Å². The number of carbonyl (C=O) groups is 2. The van der Waals surface area contributed by atoms with Crippen molar-refractivity contribution in [2.45, 2.75) is 46.1 Å². The zero-order valence-corrected chi connectivity index (χ0v) is 14.0. The number of hydrogen-bond donors (Lipinski definition) is 2. The predicted octanol–water partition coefficient (Wildman–Crippen LogP) is 0.539. The average molecular weight is 355 g/mol. The molecule has 22 heavy (non-hydrogen) atoms. The lowest BCUT2D eigenvalue weighted by atomic mass is 10.0. The zero-order valence-electron chi connectivity index (χ0n) is 13.0. The SMILES string of the molecule is CCO[Si](CCCC(CC(=O)O)C(=O)O)(OCC)OCC.[SiH4]. The summed E-state index contributed by atoms with van der Waals surface area (Å²) in [6, 6.07) is 0.492. The Hall–Kier alpha value is -0.746. The molecule has 0 bridgehead atoms. The van der Waals surface area contributed by atoms with Gasteiger partial charge in [0, 0.05) is 25.9 Å². The fourth-order valence-electron chi connectivity index (χ4n) is 2.09. The maximum absolute atomic E-state index is 11.0. The van der Waals surface area contributed by atoms with Crippen LogP contribution in [0.4, 0.5) is 0 Å². The second-order valence-electron chi connectivity index (χ2n) is 4.51. The van der Waals surface area contributed by atoms with Gasteiger partial charge in [-0.05, 0) is 44.6 Å². The molecule has 0 aliphatic heterocycles. The molecule has 0 rings (SSSR count). The van der Waals surface area contributed by atoms with E-state index < -0.39 is 26.7 Å². The Kier molecular flexibility index (Phi) is 13.6. The topological polar surface area (TPSA) is 102 Å². The molecule has 0 saturated carbocycles. The van der Waals surface area contributed by atoms with Crippen molar-refractivity contribution in [3.8, 4) is 0 Å². The minimum atomic E-state index is -2.78. The highest BCUT2D eigenvalue weighted by atomic mass is 28.4. The molecule has 2 N–H and O–H groups in total. The van der Waals surface area contributed by atoms with Crippen LogP contribution in [0, 0.1) is 5.92 Å². The van der Waals surface area contributed by atoms with Gasteiger partial charge < -0.3 is 23.5 Å². The molecule has 0 amide bonds. The second kappa shape index (κ2) is 12.8. The predicted molar refractivity (Wildman–Crippen MR) is 89.4 cm³/mol. The van der Waals surface area contributed by atoms with E-state index >= 15 is 0 Å². The quantitative estimate of drug-likeness (QED) is 0.465. The number of rotatable bonds is 13. The summed E-state index contributed by atoms with van der Waals surface area (Å²) in [6.45, 7) is 6.94. The fraction of sp³-hybridized carbons (Fsp3) is 0.846. The minimum absolute atomic E-state index is 0. The van der Waals surface area contributed by atoms with E-state index in [9.17, 15) is 9.59 Å². The Morgan fingerprint density at radius 1 is 1.00 bits per heavy atom. The van der Waals surface area contributed by atoms with E-state index in [0.29, 0.717) is 32.3 Å². The normalized spacial score (nSPS) is 12.5. The van der Waals surface area contributed by atoms with Gasteiger partial charge >= 0.3 is 20.7 Å². The Morgan fingerprint density at radius 3 is 1.77 bits per heavy atom. The van der Waals surface area contributed by atoms with E-state index in [1.807, 2.05) is 20.8 Å². The van der Waals surface area contributed by atoms with Crippen molar-refractivity contribution >= 4 is 31.7 Å². The second-order valence-corrected chi connectivity index (χ2v) is 7.24. The van der Waals surface area contributed by atoms with Crippen molar-refractivity contribution in [3.63, 3.8) is 0 Å². The molecule has 132 valence electrons. The molecule has 9 heteroatoms. The van der Waals surface area contributed by atoms with Crippen molar-refractivity contribution in [2.75, 3.05) is 19.8 Å². The maximum atomic E-state index is 11.0. The summed E-state index contributed by atoms with van der Waals surface area (Å²) in [5.41, 5.74) is 0. The van der Waals surface area contributed by atoms with Gasteiger partial charge in [-0.1, -0.05) is 0 Å². The highest BCUT2D eigenvalue weighted by Gasteiger charge is 2.40. The lowest BCUT2D eigenvalue weighted by molar-refractivity contribution is -0.148. The molecule has 0 aromatic carbocycles. The summed E-state index contributed by atoms with van der Waals surface area (Å²) < 4.78 is 17.0. The molecule has 0 aliphatic rings. The molecule has 0 spiro atoms. The molecule has 0 aromatic heterocycles. The summed E-state index contributed by atoms with van der Waals surface area (Å²) in [5.74, 6) is -3.08. The lowest BCUT2D eigenvalue weighted by Gasteiger charge is -2.28. The molecule has 0 aromatic rings. The highest BCUT2D eigenvalue weighted by molar-refractivity contribution is 6.60. The summed E-state index contributed by atoms with van der Waals surface area (Å²) >= 11 is 0. The standard InChI is InChI=1S/C13H26O7Si.H4Si/c1-4-18-21(19-5-2,20-6-3)9-7-8-11(13(16)17)10-12(14)15;/h11H,4-10H2,1-3H3,(H,14,15)(H,16,17);1H4. The van der Waals surface area contributed by atoms with Crippen molar-refractivity contribution in [1.29, 1.82) is 0 Å². The third-order valence-electron chi connectivity index (χ3n) is 2.90. The van der Waals surface area contributed by atoms with E-state index in [1.165, 1.54) is 0 Å². The van der Waals surface area contributed by atoms with Crippen LogP contribution in [0.5, 0.6) is 0 Å². The van der Waals surface area contributed by atoms with Gasteiger partial charge in [-0.3, -0.25) is 9.59 Å². The molecular weight excluding hydrogens is 324 g/mol. The largest absolute Gasteiger partial charge is 0.500 e. The fourth-order valence-corrected chi connectivity index (χ4v) is 4.73. The number of hydrogen-bond acceptors (Lipinski definition) is 5. The van der Waals surface area contributed by atoms with Gasteiger partial charge in [-0.25, -0.2) is 0 Å². The smallest absolute Gasteiger partial charge is 0.481 e. The first-order valence-corrected chi connectivity index (χ1v) is 9.20. The summed E-state index contributed by atoms with van der Waals surface area (Å²) in [7, 11) is -2.78. The first kappa shape index (κ1) is 23.5. The molecule has 7 nitrogen and oxygen atoms in total. The number of carboxylic acid groups (broad SMARTS) is 2. The number of aliphatic carboxylic acids is 2. The van der Waals surface area contributed by atoms with Crippen LogP contribution in [0.2, 0.25) is 6.04 Å². The summed E-state index contributed by atoms with van der Waals surface area (Å²) in [4.78, 5) is 21.7. The van der Waals surface area contributed by atoms with Gasteiger partial charge in [0.1, 0.15) is 0 Å². The van der Waals surface area contributed by atoms with Gasteiger partial charge in [0.15, 0.2) is 0 Å². The first-order chi connectivity index (χ1) is 9.90. The van der Waals surface area contributed by atoms with Crippen LogP contribution in [-0.2, 0) is 22.9 Å². The molecule has 0 saturated heterocycles. The molecule has 1 unspecified atom stereocenters. The third kappa shape index (κ3) is 9.31. The van der Waals surface area contributed by atoms with Crippen LogP contribution in [0.15, 0.2) is 0 Å². The van der Waals surface area contributed by atoms with Gasteiger partial charge in [0.25, 0.3) is 0 Å². The molecule has 0 aliphatic carbocycles. The van der Waals surface area contributed by atoms with Crippen molar-refractivity contribution in [3.05, 3.63) is 0 Å². The van der Waals surface area contributed by atoms with Gasteiger partial charge in [0.05, 0.1) is 12.3 Å². The van der Waals surface area contributed by atoms with Crippen LogP contribution >= 0.6 is 0 Å². The highest BCUT2D eigenvalue weighted by Crippen LogP contribution is 2.22. The first-order valence-electron chi connectivity index (χ1n) is 7.27. The lowest BCUT2D eigenvalue weighted by Crippen LogP contribution is -2.46. The van der Waals surface area contributed by atoms with Gasteiger partial charge in [-0.15, -0.1) is 0 Å². The van der Waals surface area contributed by atoms with Crippen LogP contribution in [0.1, 0.15) is 40.0 Å². The minimum Gasteiger partial charge on any atom is -0.481 e. The van der Waals surface area contributed by atoms with Crippen molar-refractivity contribution in [1.82, 2.24) is 0 Å². The Morgan fingerprint density at radius 2 is 1.45 bits per heavy atom. The van der Waals surface area contributed by atoms with Crippen molar-refractivity contribution in [2.24, 2.45) is 5.92 Å². The van der Waals surface area contributed by atoms with Crippen LogP contribution in [0.25, 0.3) is 0 Å². The number of carboxylic acids is 2. The molecule has 1 atom stereocenters. The molecule has 0 heterocycles. The van der Waals surface area contributed by atoms with Gasteiger partial charge in [0.2, 0.25) is 0 Å². The third-order valence-corrected chi connectivity index (χ3v) is 6.05. The molecule has 0 fully saturated rings. The van der Waals surface area contributed by atoms with Crippen LogP contribution in [0.3, 0.4) is 0 Å². The van der Waals surface area contributed by atoms with E-state index in [4.69, 9.17) is 23.5 Å². The monoisotopic (exact) mass is 354 g/mol. The average Bonchev–Trinajstić information content (AvgIpc) is 2.38. The van der Waals surface area contributed by atoms with Crippen LogP contribution in [-0.4, -0.2) is 61.7 Å². The molecule has 0 radical (unpaired) electrons. The maximum Gasteiger partial charge on any atom is 0.500 e. The van der Waals surface area contributed by atoms with E-state index in [-0.39, 0.29) is 23.8 Å². The Balaban J connectivity index is 0. The van der Waals surface area contributed by atoms with E-state index in [2.05, 4.69) is 0 Å². The summed E-state index contributed by atoms with van der Waals surface area (Å²) in [5, 5.41) is 17.7. The Bertz CT molecular complexity index is 308. The van der Waals surface area contributed by atoms with Crippen molar-refractivity contribution < 1.29 is 33.1 Å². The van der Waals surface area contributed by atoms with E-state index in [1.54, 1.807) is 0 Å². The van der Waals surface area contributed by atoms with Gasteiger partial charge in [-0.2, -0.15) is 0 Å². The molecular formula is C13H30O7Si2.